The summed E-state index contributed by atoms with van der Waals surface area (Å²) in [5.41, 5.74) is 4.43. The molecule has 1 aliphatic heterocycles. The Bertz CT molecular complexity index is 838. The van der Waals surface area contributed by atoms with E-state index in [1.54, 1.807) is 12.3 Å². The Kier molecular flexibility index (Phi) is 4.07. The van der Waals surface area contributed by atoms with Gasteiger partial charge in [0, 0.05) is 47.4 Å². The Morgan fingerprint density at radius 3 is 2.83 bits per heavy atom. The lowest BCUT2D eigenvalue weighted by atomic mass is 10.1. The number of rotatable bonds is 4. The topological polar surface area (TPSA) is 31.9 Å². The monoisotopic (exact) mass is 323 g/mol. The smallest absolute Gasteiger partial charge is 0.212 e. The summed E-state index contributed by atoms with van der Waals surface area (Å²) in [5, 5.41) is 1.20. The van der Waals surface area contributed by atoms with Crippen LogP contribution in [0.4, 0.5) is 4.39 Å². The lowest BCUT2D eigenvalue weighted by Crippen LogP contribution is -2.29. The molecule has 124 valence electrons. The highest BCUT2D eigenvalue weighted by Crippen LogP contribution is 2.25. The quantitative estimate of drug-likeness (QED) is 0.722. The van der Waals surface area contributed by atoms with Gasteiger partial charge in [-0.2, -0.15) is 4.39 Å². The van der Waals surface area contributed by atoms with Crippen molar-refractivity contribution in [2.24, 2.45) is 0 Å². The lowest BCUT2D eigenvalue weighted by Gasteiger charge is -2.20. The average molecular weight is 323 g/mol. The fourth-order valence-corrected chi connectivity index (χ4v) is 3.64. The largest absolute Gasteiger partial charge is 0.358 e. The third-order valence-electron chi connectivity index (χ3n) is 5.10. The van der Waals surface area contributed by atoms with Crippen molar-refractivity contribution in [3.8, 4) is 11.1 Å². The summed E-state index contributed by atoms with van der Waals surface area (Å²) in [7, 11) is 0. The van der Waals surface area contributed by atoms with Gasteiger partial charge in [0.2, 0.25) is 5.95 Å². The number of hydrogen-bond donors (Lipinski definition) is 1. The van der Waals surface area contributed by atoms with Crippen molar-refractivity contribution >= 4 is 10.9 Å². The van der Waals surface area contributed by atoms with Gasteiger partial charge in [-0.1, -0.05) is 6.07 Å². The van der Waals surface area contributed by atoms with E-state index in [9.17, 15) is 4.39 Å². The number of pyridine rings is 1. The Hall–Kier alpha value is -2.20. The minimum Gasteiger partial charge on any atom is -0.358 e. The first-order chi connectivity index (χ1) is 11.7. The SMILES string of the molecule is C[C@@H]1CCCN1CCc1cc2cc(-c3ccc(F)nc3)ccc2[nH]1. The average Bonchev–Trinajstić information content (AvgIpc) is 3.18. The molecule has 0 amide bonds. The van der Waals surface area contributed by atoms with Gasteiger partial charge in [-0.25, -0.2) is 4.98 Å². The van der Waals surface area contributed by atoms with Crippen LogP contribution in [-0.2, 0) is 6.42 Å². The van der Waals surface area contributed by atoms with Crippen LogP contribution >= 0.6 is 0 Å². The molecule has 1 atom stereocenters. The van der Waals surface area contributed by atoms with E-state index in [-0.39, 0.29) is 0 Å². The van der Waals surface area contributed by atoms with E-state index in [4.69, 9.17) is 0 Å². The lowest BCUT2D eigenvalue weighted by molar-refractivity contribution is 0.271. The van der Waals surface area contributed by atoms with Gasteiger partial charge in [0.1, 0.15) is 0 Å². The Morgan fingerprint density at radius 1 is 1.21 bits per heavy atom. The predicted molar refractivity (Wildman–Crippen MR) is 95.5 cm³/mol. The van der Waals surface area contributed by atoms with Crippen LogP contribution in [0.15, 0.2) is 42.6 Å². The zero-order valence-corrected chi connectivity index (χ0v) is 13.9. The molecule has 0 unspecified atom stereocenters. The molecule has 0 spiro atoms. The number of benzene rings is 1. The highest BCUT2D eigenvalue weighted by atomic mass is 19.1. The van der Waals surface area contributed by atoms with E-state index in [1.165, 1.54) is 36.5 Å². The first kappa shape index (κ1) is 15.3. The van der Waals surface area contributed by atoms with Crippen LogP contribution in [0.25, 0.3) is 22.0 Å². The molecular formula is C20H22FN3. The second-order valence-electron chi connectivity index (χ2n) is 6.74. The highest BCUT2D eigenvalue weighted by Gasteiger charge is 2.19. The fourth-order valence-electron chi connectivity index (χ4n) is 3.64. The number of halogens is 1. The Labute approximate surface area is 141 Å². The molecule has 0 saturated carbocycles. The Morgan fingerprint density at radius 2 is 2.08 bits per heavy atom. The van der Waals surface area contributed by atoms with E-state index >= 15 is 0 Å². The molecular weight excluding hydrogens is 301 g/mol. The zero-order valence-electron chi connectivity index (χ0n) is 13.9. The summed E-state index contributed by atoms with van der Waals surface area (Å²) in [5.74, 6) is -0.445. The van der Waals surface area contributed by atoms with E-state index in [0.29, 0.717) is 6.04 Å². The van der Waals surface area contributed by atoms with Crippen LogP contribution in [0.3, 0.4) is 0 Å². The molecule has 0 radical (unpaired) electrons. The second-order valence-corrected chi connectivity index (χ2v) is 6.74. The minimum absolute atomic E-state index is 0.445. The summed E-state index contributed by atoms with van der Waals surface area (Å²) in [6.45, 7) is 4.66. The molecule has 1 N–H and O–H groups in total. The van der Waals surface area contributed by atoms with Crippen molar-refractivity contribution in [2.45, 2.75) is 32.2 Å². The van der Waals surface area contributed by atoms with Gasteiger partial charge in [0.25, 0.3) is 0 Å². The van der Waals surface area contributed by atoms with Gasteiger partial charge in [-0.15, -0.1) is 0 Å². The maximum Gasteiger partial charge on any atom is 0.212 e. The molecule has 1 aliphatic rings. The van der Waals surface area contributed by atoms with Crippen molar-refractivity contribution in [3.63, 3.8) is 0 Å². The normalized spacial score (nSPS) is 18.5. The zero-order chi connectivity index (χ0) is 16.5. The number of nitrogens with zero attached hydrogens (tertiary/aromatic N) is 2. The van der Waals surface area contributed by atoms with Crippen molar-refractivity contribution in [1.29, 1.82) is 0 Å². The Balaban J connectivity index is 1.53. The molecule has 3 nitrogen and oxygen atoms in total. The molecule has 4 heteroatoms. The third-order valence-corrected chi connectivity index (χ3v) is 5.10. The van der Waals surface area contributed by atoms with Gasteiger partial charge >= 0.3 is 0 Å². The van der Waals surface area contributed by atoms with E-state index in [2.05, 4.69) is 46.1 Å². The summed E-state index contributed by atoms with van der Waals surface area (Å²) in [6.07, 6.45) is 5.27. The maximum atomic E-state index is 13.0. The first-order valence-electron chi connectivity index (χ1n) is 8.67. The number of fused-ring (bicyclic) bond motifs is 1. The van der Waals surface area contributed by atoms with Crippen molar-refractivity contribution in [3.05, 3.63) is 54.2 Å². The third kappa shape index (κ3) is 3.06. The maximum absolute atomic E-state index is 13.0. The molecule has 0 aliphatic carbocycles. The number of aromatic amines is 1. The predicted octanol–water partition coefficient (Wildman–Crippen LogP) is 4.40. The molecule has 1 aromatic carbocycles. The minimum atomic E-state index is -0.445. The van der Waals surface area contributed by atoms with Crippen molar-refractivity contribution in [1.82, 2.24) is 14.9 Å². The van der Waals surface area contributed by atoms with Crippen LogP contribution in [-0.4, -0.2) is 34.0 Å². The van der Waals surface area contributed by atoms with Gasteiger partial charge in [-0.3, -0.25) is 0 Å². The van der Waals surface area contributed by atoms with Gasteiger partial charge in [0.15, 0.2) is 0 Å². The summed E-state index contributed by atoms with van der Waals surface area (Å²) < 4.78 is 13.0. The second kappa shape index (κ2) is 6.36. The van der Waals surface area contributed by atoms with Crippen LogP contribution in [0.2, 0.25) is 0 Å². The number of nitrogens with one attached hydrogen (secondary N) is 1. The van der Waals surface area contributed by atoms with E-state index in [0.717, 1.165) is 29.6 Å². The first-order valence-corrected chi connectivity index (χ1v) is 8.67. The van der Waals surface area contributed by atoms with Crippen LogP contribution in [0, 0.1) is 5.95 Å². The molecule has 3 aromatic rings. The summed E-state index contributed by atoms with van der Waals surface area (Å²) in [4.78, 5) is 9.83. The van der Waals surface area contributed by atoms with Gasteiger partial charge < -0.3 is 9.88 Å². The molecule has 0 bridgehead atoms. The highest BCUT2D eigenvalue weighted by molar-refractivity contribution is 5.85. The van der Waals surface area contributed by atoms with E-state index in [1.807, 2.05) is 0 Å². The molecule has 3 heterocycles. The standard InChI is InChI=1S/C20H22FN3/c1-14-3-2-9-24(14)10-8-18-12-17-11-15(4-6-19(17)23-18)16-5-7-20(21)22-13-16/h4-7,11-14,23H,2-3,8-10H2,1H3/t14-/m1/s1. The molecule has 24 heavy (non-hydrogen) atoms. The van der Waals surface area contributed by atoms with E-state index < -0.39 is 5.95 Å². The number of likely N-dealkylation sites (tertiary alicyclic amines) is 1. The number of aromatic nitrogens is 2. The van der Waals surface area contributed by atoms with Gasteiger partial charge in [-0.05, 0) is 62.2 Å². The van der Waals surface area contributed by atoms with Crippen LogP contribution < -0.4 is 0 Å². The number of hydrogen-bond acceptors (Lipinski definition) is 2. The van der Waals surface area contributed by atoms with Crippen LogP contribution in [0.5, 0.6) is 0 Å². The van der Waals surface area contributed by atoms with Crippen LogP contribution in [0.1, 0.15) is 25.5 Å². The molecule has 2 aromatic heterocycles. The molecule has 1 saturated heterocycles. The van der Waals surface area contributed by atoms with Crippen molar-refractivity contribution in [2.75, 3.05) is 13.1 Å². The summed E-state index contributed by atoms with van der Waals surface area (Å²) >= 11 is 0. The fraction of sp³-hybridized carbons (Fsp3) is 0.350. The summed E-state index contributed by atoms with van der Waals surface area (Å²) in [6, 6.07) is 12.4. The van der Waals surface area contributed by atoms with Gasteiger partial charge in [0.05, 0.1) is 0 Å². The molecule has 4 rings (SSSR count). The van der Waals surface area contributed by atoms with Crippen molar-refractivity contribution < 1.29 is 4.39 Å². The number of H-pyrrole nitrogens is 1. The molecule has 1 fully saturated rings.